The molecule has 1 aliphatic rings. The summed E-state index contributed by atoms with van der Waals surface area (Å²) in [4.78, 5) is 11.9. The van der Waals surface area contributed by atoms with E-state index in [9.17, 15) is 15.2 Å². The number of rotatable bonds is 23. The second kappa shape index (κ2) is 21.7. The van der Waals surface area contributed by atoms with E-state index < -0.39 is 5.97 Å². The fourth-order valence-electron chi connectivity index (χ4n) is 6.83. The molecule has 0 atom stereocenters. The Morgan fingerprint density at radius 3 is 1.82 bits per heavy atom. The highest BCUT2D eigenvalue weighted by Gasteiger charge is 2.21. The van der Waals surface area contributed by atoms with Gasteiger partial charge in [-0.2, -0.15) is 5.26 Å². The minimum absolute atomic E-state index is 0.00546. The lowest BCUT2D eigenvalue weighted by molar-refractivity contribution is 0.0696. The first-order chi connectivity index (χ1) is 22.1. The Kier molecular flexibility index (Phi) is 17.6. The summed E-state index contributed by atoms with van der Waals surface area (Å²) in [5.74, 6) is 2.02. The molecule has 0 heterocycles. The van der Waals surface area contributed by atoms with Crippen molar-refractivity contribution in [1.29, 1.82) is 5.26 Å². The van der Waals surface area contributed by atoms with E-state index in [2.05, 4.69) is 19.9 Å². The van der Waals surface area contributed by atoms with Crippen LogP contribution in [0.15, 0.2) is 36.4 Å². The molecule has 2 aromatic rings. The number of carbonyl (C=O) groups is 1. The van der Waals surface area contributed by atoms with E-state index in [0.29, 0.717) is 24.5 Å². The number of benzene rings is 2. The lowest BCUT2D eigenvalue weighted by Crippen LogP contribution is -2.15. The Balaban J connectivity index is 1.48. The van der Waals surface area contributed by atoms with E-state index in [-0.39, 0.29) is 11.1 Å². The van der Waals surface area contributed by atoms with Crippen molar-refractivity contribution in [3.63, 3.8) is 0 Å². The molecule has 5 nitrogen and oxygen atoms in total. The van der Waals surface area contributed by atoms with Crippen molar-refractivity contribution in [3.8, 4) is 28.7 Å². The van der Waals surface area contributed by atoms with Crippen LogP contribution in [0.2, 0.25) is 0 Å². The van der Waals surface area contributed by atoms with Crippen molar-refractivity contribution in [2.75, 3.05) is 13.2 Å². The standard InChI is InChI=1S/C40H59NO4/c1-3-5-7-8-9-10-11-12-13-15-29-45-38-28-27-36(40(42)43)37(31-41)39(38)34-23-25-35(26-24-34)44-30-16-18-33-21-19-32(20-22-33)17-14-6-4-2/h23-28,32-33H,3-22,29-30H2,1-2H3,(H,42,43). The average molecular weight is 618 g/mol. The Bertz CT molecular complexity index is 1140. The normalized spacial score (nSPS) is 16.3. The minimum atomic E-state index is -1.11. The second-order valence-electron chi connectivity index (χ2n) is 13.2. The lowest BCUT2D eigenvalue weighted by Gasteiger charge is -2.28. The quantitative estimate of drug-likeness (QED) is 0.125. The third kappa shape index (κ3) is 13.1. The zero-order chi connectivity index (χ0) is 32.1. The van der Waals surface area contributed by atoms with Crippen LogP contribution in [0.1, 0.15) is 158 Å². The lowest BCUT2D eigenvalue weighted by atomic mass is 9.78. The largest absolute Gasteiger partial charge is 0.494 e. The van der Waals surface area contributed by atoms with Gasteiger partial charge < -0.3 is 14.6 Å². The number of nitriles is 1. The van der Waals surface area contributed by atoms with Crippen molar-refractivity contribution < 1.29 is 19.4 Å². The van der Waals surface area contributed by atoms with Gasteiger partial charge in [-0.15, -0.1) is 0 Å². The van der Waals surface area contributed by atoms with Crippen molar-refractivity contribution in [1.82, 2.24) is 0 Å². The zero-order valence-electron chi connectivity index (χ0n) is 28.3. The summed E-state index contributed by atoms with van der Waals surface area (Å²) >= 11 is 0. The Morgan fingerprint density at radius 1 is 0.711 bits per heavy atom. The Morgan fingerprint density at radius 2 is 1.24 bits per heavy atom. The number of aromatic carboxylic acids is 1. The SMILES string of the molecule is CCCCCCCCCCCCOc1ccc(C(=O)O)c(C#N)c1-c1ccc(OCCCC2CCC(CCCCC)CC2)cc1. The van der Waals surface area contributed by atoms with Gasteiger partial charge in [0.25, 0.3) is 0 Å². The maximum atomic E-state index is 11.9. The van der Waals surface area contributed by atoms with Crippen LogP contribution in [-0.4, -0.2) is 24.3 Å². The molecule has 0 amide bonds. The van der Waals surface area contributed by atoms with Crippen molar-refractivity contribution in [2.24, 2.45) is 11.8 Å². The van der Waals surface area contributed by atoms with Crippen molar-refractivity contribution in [3.05, 3.63) is 47.5 Å². The molecule has 0 spiro atoms. The highest BCUT2D eigenvalue weighted by atomic mass is 16.5. The van der Waals surface area contributed by atoms with Gasteiger partial charge in [-0.1, -0.05) is 135 Å². The molecule has 0 aliphatic heterocycles. The van der Waals surface area contributed by atoms with Gasteiger partial charge in [0.05, 0.1) is 24.3 Å². The van der Waals surface area contributed by atoms with E-state index in [1.807, 2.05) is 24.3 Å². The highest BCUT2D eigenvalue weighted by Crippen LogP contribution is 2.37. The number of nitrogens with zero attached hydrogens (tertiary/aromatic N) is 1. The van der Waals surface area contributed by atoms with Gasteiger partial charge in [-0.05, 0) is 60.9 Å². The first-order valence-electron chi connectivity index (χ1n) is 18.2. The Hall–Kier alpha value is -3.00. The van der Waals surface area contributed by atoms with E-state index in [4.69, 9.17) is 9.47 Å². The van der Waals surface area contributed by atoms with Gasteiger partial charge in [0.15, 0.2) is 0 Å². The van der Waals surface area contributed by atoms with Crippen LogP contribution in [0, 0.1) is 23.2 Å². The maximum Gasteiger partial charge on any atom is 0.337 e. The van der Waals surface area contributed by atoms with E-state index in [1.54, 1.807) is 6.07 Å². The second-order valence-corrected chi connectivity index (χ2v) is 13.2. The first-order valence-corrected chi connectivity index (χ1v) is 18.2. The van der Waals surface area contributed by atoms with Gasteiger partial charge in [0.1, 0.15) is 17.6 Å². The van der Waals surface area contributed by atoms with Gasteiger partial charge in [-0.3, -0.25) is 0 Å². The molecule has 0 aromatic heterocycles. The zero-order valence-corrected chi connectivity index (χ0v) is 28.3. The maximum absolute atomic E-state index is 11.9. The smallest absolute Gasteiger partial charge is 0.337 e. The molecule has 1 saturated carbocycles. The number of carboxylic acid groups (broad SMARTS) is 1. The summed E-state index contributed by atoms with van der Waals surface area (Å²) in [6, 6.07) is 13.0. The van der Waals surface area contributed by atoms with E-state index >= 15 is 0 Å². The number of ether oxygens (including phenoxy) is 2. The average Bonchev–Trinajstić information content (AvgIpc) is 3.06. The van der Waals surface area contributed by atoms with E-state index in [0.717, 1.165) is 42.4 Å². The van der Waals surface area contributed by atoms with Crippen LogP contribution in [-0.2, 0) is 0 Å². The van der Waals surface area contributed by atoms with Crippen LogP contribution >= 0.6 is 0 Å². The van der Waals surface area contributed by atoms with Gasteiger partial charge in [0.2, 0.25) is 0 Å². The molecule has 1 aliphatic carbocycles. The molecule has 2 aromatic carbocycles. The number of hydrogen-bond acceptors (Lipinski definition) is 4. The number of unbranched alkanes of at least 4 members (excludes halogenated alkanes) is 11. The van der Waals surface area contributed by atoms with Crippen molar-refractivity contribution >= 4 is 5.97 Å². The topological polar surface area (TPSA) is 79.5 Å². The molecule has 1 N–H and O–H groups in total. The molecule has 0 saturated heterocycles. The molecule has 3 rings (SSSR count). The molecular weight excluding hydrogens is 558 g/mol. The third-order valence-corrected chi connectivity index (χ3v) is 9.62. The molecule has 0 unspecified atom stereocenters. The molecule has 248 valence electrons. The summed E-state index contributed by atoms with van der Waals surface area (Å²) < 4.78 is 12.2. The fourth-order valence-corrected chi connectivity index (χ4v) is 6.83. The van der Waals surface area contributed by atoms with Crippen LogP contribution < -0.4 is 9.47 Å². The monoisotopic (exact) mass is 617 g/mol. The summed E-state index contributed by atoms with van der Waals surface area (Å²) in [5.41, 5.74) is 1.43. The summed E-state index contributed by atoms with van der Waals surface area (Å²) in [6.07, 6.45) is 25.8. The van der Waals surface area contributed by atoms with Crippen LogP contribution in [0.4, 0.5) is 0 Å². The number of carboxylic acids is 1. The summed E-state index contributed by atoms with van der Waals surface area (Å²) in [7, 11) is 0. The molecule has 0 radical (unpaired) electrons. The predicted octanol–water partition coefficient (Wildman–Crippen LogP) is 11.8. The Labute approximate surface area is 273 Å². The van der Waals surface area contributed by atoms with Crippen LogP contribution in [0.25, 0.3) is 11.1 Å². The predicted molar refractivity (Wildman–Crippen MR) is 185 cm³/mol. The van der Waals surface area contributed by atoms with Crippen LogP contribution in [0.5, 0.6) is 11.5 Å². The summed E-state index contributed by atoms with van der Waals surface area (Å²) in [6.45, 7) is 5.77. The molecule has 5 heteroatoms. The van der Waals surface area contributed by atoms with Gasteiger partial charge in [0, 0.05) is 5.56 Å². The first kappa shape index (κ1) is 36.5. The highest BCUT2D eigenvalue weighted by molar-refractivity contribution is 5.95. The molecule has 1 fully saturated rings. The summed E-state index contributed by atoms with van der Waals surface area (Å²) in [5, 5.41) is 19.7. The van der Waals surface area contributed by atoms with Crippen LogP contribution in [0.3, 0.4) is 0 Å². The molecular formula is C40H59NO4. The van der Waals surface area contributed by atoms with E-state index in [1.165, 1.54) is 115 Å². The fraction of sp³-hybridized carbons (Fsp3) is 0.650. The minimum Gasteiger partial charge on any atom is -0.494 e. The van der Waals surface area contributed by atoms with Gasteiger partial charge in [-0.25, -0.2) is 4.79 Å². The third-order valence-electron chi connectivity index (χ3n) is 9.62. The van der Waals surface area contributed by atoms with Gasteiger partial charge >= 0.3 is 5.97 Å². The molecule has 45 heavy (non-hydrogen) atoms. The van der Waals surface area contributed by atoms with Crippen molar-refractivity contribution in [2.45, 2.75) is 142 Å². The molecule has 0 bridgehead atoms. The number of hydrogen-bond donors (Lipinski definition) is 1.